The number of pyridine rings is 1. The monoisotopic (exact) mass is 388 g/mol. The highest BCUT2D eigenvalue weighted by Crippen LogP contribution is 2.26. The molecule has 1 atom stereocenters. The fraction of sp³-hybridized carbons (Fsp3) is 0.389. The minimum Gasteiger partial charge on any atom is -0.422 e. The molecule has 0 saturated carbocycles. The molecule has 1 saturated heterocycles. The van der Waals surface area contributed by atoms with Gasteiger partial charge in [0.1, 0.15) is 6.10 Å². The van der Waals surface area contributed by atoms with Gasteiger partial charge in [-0.2, -0.15) is 4.31 Å². The predicted octanol–water partition coefficient (Wildman–Crippen LogP) is 2.08. The summed E-state index contributed by atoms with van der Waals surface area (Å²) in [6.07, 6.45) is 1.74. The molecule has 9 heteroatoms. The lowest BCUT2D eigenvalue weighted by molar-refractivity contribution is -0.0178. The summed E-state index contributed by atoms with van der Waals surface area (Å²) in [5, 5.41) is 8.82. The first-order valence-electron chi connectivity index (χ1n) is 8.81. The number of morpholine rings is 1. The molecular formula is C18H20N4O4S. The maximum Gasteiger partial charge on any atom is 0.246 e. The Morgan fingerprint density at radius 3 is 2.89 bits per heavy atom. The third-order valence-corrected chi connectivity index (χ3v) is 6.33. The van der Waals surface area contributed by atoms with E-state index < -0.39 is 16.1 Å². The molecule has 2 aromatic heterocycles. The molecule has 0 N–H and O–H groups in total. The van der Waals surface area contributed by atoms with Gasteiger partial charge in [0.2, 0.25) is 21.8 Å². The van der Waals surface area contributed by atoms with Gasteiger partial charge >= 0.3 is 0 Å². The lowest BCUT2D eigenvalue weighted by Gasteiger charge is -2.30. The average Bonchev–Trinajstić information content (AvgIpc) is 3.18. The van der Waals surface area contributed by atoms with E-state index >= 15 is 0 Å². The molecule has 1 aromatic carbocycles. The Morgan fingerprint density at radius 1 is 1.22 bits per heavy atom. The third-order valence-electron chi connectivity index (χ3n) is 4.54. The summed E-state index contributed by atoms with van der Waals surface area (Å²) in [5.41, 5.74) is 1.39. The quantitative estimate of drug-likeness (QED) is 0.660. The first-order valence-corrected chi connectivity index (χ1v) is 10.4. The van der Waals surface area contributed by atoms with Crippen molar-refractivity contribution in [3.05, 3.63) is 53.9 Å². The number of rotatable bonds is 5. The number of fused-ring (bicyclic) bond motifs is 1. The zero-order chi connectivity index (χ0) is 18.9. The van der Waals surface area contributed by atoms with Gasteiger partial charge in [0, 0.05) is 31.1 Å². The fourth-order valence-corrected chi connectivity index (χ4v) is 4.66. The Morgan fingerprint density at radius 2 is 2.07 bits per heavy atom. The molecule has 3 aromatic rings. The van der Waals surface area contributed by atoms with Crippen LogP contribution in [0.25, 0.3) is 10.9 Å². The second kappa shape index (κ2) is 7.34. The fourth-order valence-electron chi connectivity index (χ4n) is 3.14. The molecule has 4 rings (SSSR count). The minimum absolute atomic E-state index is 0.113. The van der Waals surface area contributed by atoms with Crippen LogP contribution in [-0.4, -0.2) is 47.6 Å². The van der Waals surface area contributed by atoms with Gasteiger partial charge in [-0.05, 0) is 11.6 Å². The second-order valence-electron chi connectivity index (χ2n) is 6.35. The van der Waals surface area contributed by atoms with E-state index in [1.54, 1.807) is 12.3 Å². The van der Waals surface area contributed by atoms with E-state index in [-0.39, 0.29) is 18.9 Å². The van der Waals surface area contributed by atoms with Crippen LogP contribution < -0.4 is 0 Å². The van der Waals surface area contributed by atoms with Gasteiger partial charge in [-0.3, -0.25) is 4.98 Å². The summed E-state index contributed by atoms with van der Waals surface area (Å²) < 4.78 is 38.6. The maximum atomic E-state index is 13.0. The van der Waals surface area contributed by atoms with Gasteiger partial charge in [-0.1, -0.05) is 31.2 Å². The number of aromatic nitrogens is 3. The van der Waals surface area contributed by atoms with E-state index in [4.69, 9.17) is 9.15 Å². The Hall–Kier alpha value is -2.36. The van der Waals surface area contributed by atoms with Crippen molar-refractivity contribution in [2.24, 2.45) is 0 Å². The number of ether oxygens (including phenoxy) is 1. The van der Waals surface area contributed by atoms with Crippen LogP contribution in [0, 0.1) is 0 Å². The van der Waals surface area contributed by atoms with Crippen LogP contribution in [0.15, 0.2) is 40.9 Å². The van der Waals surface area contributed by atoms with Crippen LogP contribution >= 0.6 is 0 Å². The van der Waals surface area contributed by atoms with Crippen molar-refractivity contribution < 1.29 is 17.6 Å². The average molecular weight is 388 g/mol. The van der Waals surface area contributed by atoms with Crippen molar-refractivity contribution in [2.75, 3.05) is 19.7 Å². The molecule has 0 spiro atoms. The van der Waals surface area contributed by atoms with Crippen LogP contribution in [0.5, 0.6) is 0 Å². The number of aryl methyl sites for hydroxylation is 1. The lowest BCUT2D eigenvalue weighted by atomic mass is 10.1. The molecule has 8 nitrogen and oxygen atoms in total. The van der Waals surface area contributed by atoms with E-state index in [1.165, 1.54) is 4.31 Å². The number of nitrogens with zero attached hydrogens (tertiary/aromatic N) is 4. The third kappa shape index (κ3) is 3.71. The van der Waals surface area contributed by atoms with E-state index in [2.05, 4.69) is 15.2 Å². The number of benzene rings is 1. The Balaban J connectivity index is 1.56. The van der Waals surface area contributed by atoms with Crippen molar-refractivity contribution >= 4 is 20.9 Å². The molecule has 1 unspecified atom stereocenters. The predicted molar refractivity (Wildman–Crippen MR) is 98.3 cm³/mol. The smallest absolute Gasteiger partial charge is 0.246 e. The summed E-state index contributed by atoms with van der Waals surface area (Å²) in [5.74, 6) is 0.715. The van der Waals surface area contributed by atoms with Crippen molar-refractivity contribution in [2.45, 2.75) is 25.2 Å². The minimum atomic E-state index is -3.54. The summed E-state index contributed by atoms with van der Waals surface area (Å²) in [7, 11) is -3.54. The molecule has 1 aliphatic heterocycles. The Labute approximate surface area is 157 Å². The van der Waals surface area contributed by atoms with Crippen LogP contribution in [0.3, 0.4) is 0 Å². The normalized spacial score (nSPS) is 18.8. The Kier molecular flexibility index (Phi) is 4.90. The van der Waals surface area contributed by atoms with Crippen molar-refractivity contribution in [1.29, 1.82) is 0 Å². The molecule has 3 heterocycles. The maximum absolute atomic E-state index is 13.0. The summed E-state index contributed by atoms with van der Waals surface area (Å²) in [6.45, 7) is 2.65. The topological polar surface area (TPSA) is 98.4 Å². The molecule has 142 valence electrons. The Bertz CT molecular complexity index is 1040. The van der Waals surface area contributed by atoms with Gasteiger partial charge < -0.3 is 9.15 Å². The zero-order valence-corrected chi connectivity index (χ0v) is 15.7. The van der Waals surface area contributed by atoms with E-state index in [0.717, 1.165) is 5.39 Å². The molecule has 0 radical (unpaired) electrons. The van der Waals surface area contributed by atoms with Crippen LogP contribution in [0.2, 0.25) is 0 Å². The van der Waals surface area contributed by atoms with Gasteiger partial charge in [-0.15, -0.1) is 10.2 Å². The molecule has 1 aliphatic rings. The number of hydrogen-bond donors (Lipinski definition) is 0. The standard InChI is InChI=1S/C18H20N4O4S/c1-2-16-20-21-18(26-16)15-11-22(9-10-25-15)27(23,24)12-14-6-3-5-13-7-4-8-19-17(13)14/h3-8,15H,2,9-12H2,1H3. The first kappa shape index (κ1) is 18.0. The molecule has 0 amide bonds. The van der Waals surface area contributed by atoms with Crippen LogP contribution in [-0.2, 0) is 26.9 Å². The van der Waals surface area contributed by atoms with E-state index in [9.17, 15) is 8.42 Å². The van der Waals surface area contributed by atoms with Crippen molar-refractivity contribution in [1.82, 2.24) is 19.5 Å². The van der Waals surface area contributed by atoms with Crippen LogP contribution in [0.1, 0.15) is 30.4 Å². The van der Waals surface area contributed by atoms with Gasteiger partial charge in [0.05, 0.1) is 17.9 Å². The first-order chi connectivity index (χ1) is 13.1. The summed E-state index contributed by atoms with van der Waals surface area (Å²) in [4.78, 5) is 4.34. The van der Waals surface area contributed by atoms with E-state index in [0.29, 0.717) is 35.8 Å². The highest BCUT2D eigenvalue weighted by molar-refractivity contribution is 7.88. The van der Waals surface area contributed by atoms with E-state index in [1.807, 2.05) is 31.2 Å². The largest absolute Gasteiger partial charge is 0.422 e. The molecular weight excluding hydrogens is 368 g/mol. The van der Waals surface area contributed by atoms with Crippen LogP contribution in [0.4, 0.5) is 0 Å². The molecule has 27 heavy (non-hydrogen) atoms. The highest BCUT2D eigenvalue weighted by Gasteiger charge is 2.33. The SMILES string of the molecule is CCc1nnc(C2CN(S(=O)(=O)Cc3cccc4cccnc34)CCO2)o1. The summed E-state index contributed by atoms with van der Waals surface area (Å²) in [6, 6.07) is 9.33. The lowest BCUT2D eigenvalue weighted by Crippen LogP contribution is -2.42. The van der Waals surface area contributed by atoms with Crippen molar-refractivity contribution in [3.63, 3.8) is 0 Å². The van der Waals surface area contributed by atoms with Gasteiger partial charge in [0.25, 0.3) is 0 Å². The second-order valence-corrected chi connectivity index (χ2v) is 8.32. The number of para-hydroxylation sites is 1. The van der Waals surface area contributed by atoms with Gasteiger partial charge in [0.15, 0.2) is 0 Å². The molecule has 1 fully saturated rings. The zero-order valence-electron chi connectivity index (χ0n) is 14.9. The summed E-state index contributed by atoms with van der Waals surface area (Å²) >= 11 is 0. The number of hydrogen-bond acceptors (Lipinski definition) is 7. The molecule has 0 aliphatic carbocycles. The highest BCUT2D eigenvalue weighted by atomic mass is 32.2. The molecule has 0 bridgehead atoms. The number of sulfonamides is 1. The van der Waals surface area contributed by atoms with Crippen molar-refractivity contribution in [3.8, 4) is 0 Å². The van der Waals surface area contributed by atoms with Gasteiger partial charge in [-0.25, -0.2) is 8.42 Å².